The number of ether oxygens (including phenoxy) is 1. The number of para-hydroxylation sites is 1. The van der Waals surface area contributed by atoms with Gasteiger partial charge in [0.2, 0.25) is 5.88 Å². The minimum atomic E-state index is -0.0746. The van der Waals surface area contributed by atoms with Gasteiger partial charge in [-0.1, -0.05) is 37.3 Å². The predicted octanol–water partition coefficient (Wildman–Crippen LogP) is 4.02. The lowest BCUT2D eigenvalue weighted by atomic mass is 10.0. The van der Waals surface area contributed by atoms with Gasteiger partial charge in [0.15, 0.2) is 0 Å². The number of methoxy groups -OCH3 is 1. The Labute approximate surface area is 156 Å². The van der Waals surface area contributed by atoms with Gasteiger partial charge in [0.25, 0.3) is 5.56 Å². The van der Waals surface area contributed by atoms with E-state index in [1.165, 1.54) is 0 Å². The first-order valence-corrected chi connectivity index (χ1v) is 8.83. The molecule has 4 aromatic rings. The third kappa shape index (κ3) is 2.97. The van der Waals surface area contributed by atoms with E-state index in [0.717, 1.165) is 22.6 Å². The molecule has 0 atom stereocenters. The largest absolute Gasteiger partial charge is 0.481 e. The van der Waals surface area contributed by atoms with Crippen molar-refractivity contribution in [2.45, 2.75) is 13.3 Å². The Hall–Kier alpha value is -3.47. The normalized spacial score (nSPS) is 10.9. The van der Waals surface area contributed by atoms with Crippen LogP contribution in [-0.4, -0.2) is 21.6 Å². The Morgan fingerprint density at radius 2 is 1.85 bits per heavy atom. The van der Waals surface area contributed by atoms with E-state index in [0.29, 0.717) is 23.2 Å². The fraction of sp³-hybridized carbons (Fsp3) is 0.136. The van der Waals surface area contributed by atoms with Crippen LogP contribution >= 0.6 is 0 Å². The maximum Gasteiger partial charge on any atom is 0.266 e. The second kappa shape index (κ2) is 7.03. The highest BCUT2D eigenvalue weighted by Gasteiger charge is 2.15. The minimum absolute atomic E-state index is 0.0746. The smallest absolute Gasteiger partial charge is 0.266 e. The molecule has 0 spiro atoms. The molecule has 0 aliphatic carbocycles. The van der Waals surface area contributed by atoms with Gasteiger partial charge in [0.1, 0.15) is 5.82 Å². The van der Waals surface area contributed by atoms with Crippen molar-refractivity contribution in [2.75, 3.05) is 7.11 Å². The van der Waals surface area contributed by atoms with Gasteiger partial charge in [-0.2, -0.15) is 0 Å². The molecule has 27 heavy (non-hydrogen) atoms. The van der Waals surface area contributed by atoms with E-state index < -0.39 is 0 Å². The van der Waals surface area contributed by atoms with Gasteiger partial charge < -0.3 is 4.74 Å². The number of hydrogen-bond donors (Lipinski definition) is 0. The number of aryl methyl sites for hydroxylation is 1. The average molecular weight is 357 g/mol. The van der Waals surface area contributed by atoms with Crippen LogP contribution in [0.5, 0.6) is 5.88 Å². The first-order chi connectivity index (χ1) is 13.2. The molecule has 0 bridgehead atoms. The van der Waals surface area contributed by atoms with E-state index in [2.05, 4.69) is 4.98 Å². The third-order valence-corrected chi connectivity index (χ3v) is 4.55. The van der Waals surface area contributed by atoms with Crippen LogP contribution in [0.3, 0.4) is 0 Å². The van der Waals surface area contributed by atoms with Crippen LogP contribution in [0.2, 0.25) is 0 Å². The van der Waals surface area contributed by atoms with Crippen molar-refractivity contribution < 1.29 is 4.74 Å². The molecule has 2 aromatic heterocycles. The summed E-state index contributed by atoms with van der Waals surface area (Å²) in [4.78, 5) is 22.5. The Kier molecular flexibility index (Phi) is 4.42. The highest BCUT2D eigenvalue weighted by Crippen LogP contribution is 2.28. The summed E-state index contributed by atoms with van der Waals surface area (Å²) in [7, 11) is 1.58. The number of pyridine rings is 1. The lowest BCUT2D eigenvalue weighted by Crippen LogP contribution is -2.24. The Morgan fingerprint density at radius 3 is 2.59 bits per heavy atom. The van der Waals surface area contributed by atoms with Crippen molar-refractivity contribution >= 4 is 10.9 Å². The molecule has 0 N–H and O–H groups in total. The molecule has 0 radical (unpaired) electrons. The predicted molar refractivity (Wildman–Crippen MR) is 107 cm³/mol. The van der Waals surface area contributed by atoms with Crippen molar-refractivity contribution in [2.24, 2.45) is 0 Å². The van der Waals surface area contributed by atoms with Crippen LogP contribution in [0.4, 0.5) is 0 Å². The van der Waals surface area contributed by atoms with Gasteiger partial charge in [-0.3, -0.25) is 9.36 Å². The van der Waals surface area contributed by atoms with Gasteiger partial charge in [-0.15, -0.1) is 0 Å². The molecule has 0 unspecified atom stereocenters. The SMILES string of the molecule is CCc1nc2cccc(-c3ccnc(OC)c3)c2c(=O)n1-c1ccccc1. The molecule has 5 nitrogen and oxygen atoms in total. The molecule has 134 valence electrons. The second-order valence-corrected chi connectivity index (χ2v) is 6.14. The van der Waals surface area contributed by atoms with Crippen molar-refractivity contribution in [3.05, 3.63) is 83.0 Å². The summed E-state index contributed by atoms with van der Waals surface area (Å²) in [6.07, 6.45) is 2.34. The standard InChI is InChI=1S/C22H19N3O2/c1-3-19-24-18-11-7-10-17(15-12-13-23-20(14-15)27-2)21(18)22(26)25(19)16-8-5-4-6-9-16/h4-14H,3H2,1-2H3. The molecule has 0 amide bonds. The van der Waals surface area contributed by atoms with Crippen molar-refractivity contribution in [1.29, 1.82) is 0 Å². The van der Waals surface area contributed by atoms with Crippen LogP contribution in [0, 0.1) is 0 Å². The van der Waals surface area contributed by atoms with Gasteiger partial charge in [0, 0.05) is 18.7 Å². The maximum absolute atomic E-state index is 13.5. The molecule has 0 saturated carbocycles. The first-order valence-electron chi connectivity index (χ1n) is 8.83. The zero-order chi connectivity index (χ0) is 18.8. The van der Waals surface area contributed by atoms with Crippen molar-refractivity contribution in [3.8, 4) is 22.7 Å². The van der Waals surface area contributed by atoms with E-state index >= 15 is 0 Å². The molecule has 0 aliphatic heterocycles. The van der Waals surface area contributed by atoms with Crippen LogP contribution in [-0.2, 0) is 6.42 Å². The Bertz CT molecular complexity index is 1170. The van der Waals surface area contributed by atoms with Crippen LogP contribution < -0.4 is 10.3 Å². The number of rotatable bonds is 4. The fourth-order valence-electron chi connectivity index (χ4n) is 3.29. The summed E-state index contributed by atoms with van der Waals surface area (Å²) in [6, 6.07) is 19.1. The molecule has 4 rings (SSSR count). The van der Waals surface area contributed by atoms with Gasteiger partial charge in [-0.25, -0.2) is 9.97 Å². The molecular weight excluding hydrogens is 338 g/mol. The van der Waals surface area contributed by atoms with Gasteiger partial charge in [-0.05, 0) is 35.4 Å². The Balaban J connectivity index is 2.07. The highest BCUT2D eigenvalue weighted by molar-refractivity contribution is 5.94. The van der Waals surface area contributed by atoms with E-state index in [9.17, 15) is 4.79 Å². The molecule has 0 fully saturated rings. The topological polar surface area (TPSA) is 57.0 Å². The van der Waals surface area contributed by atoms with Gasteiger partial charge >= 0.3 is 0 Å². The van der Waals surface area contributed by atoms with Crippen molar-refractivity contribution in [1.82, 2.24) is 14.5 Å². The molecule has 0 aliphatic rings. The van der Waals surface area contributed by atoms with E-state index in [1.807, 2.05) is 67.6 Å². The number of benzene rings is 2. The Morgan fingerprint density at radius 1 is 1.04 bits per heavy atom. The van der Waals surface area contributed by atoms with E-state index in [4.69, 9.17) is 9.72 Å². The number of nitrogens with zero attached hydrogens (tertiary/aromatic N) is 3. The molecule has 2 aromatic carbocycles. The zero-order valence-electron chi connectivity index (χ0n) is 15.2. The number of fused-ring (bicyclic) bond motifs is 1. The summed E-state index contributed by atoms with van der Waals surface area (Å²) in [6.45, 7) is 2.00. The summed E-state index contributed by atoms with van der Waals surface area (Å²) in [5.74, 6) is 1.24. The maximum atomic E-state index is 13.5. The molecule has 2 heterocycles. The fourth-order valence-corrected chi connectivity index (χ4v) is 3.29. The third-order valence-electron chi connectivity index (χ3n) is 4.55. The van der Waals surface area contributed by atoms with Gasteiger partial charge in [0.05, 0.1) is 23.7 Å². The van der Waals surface area contributed by atoms with Crippen LogP contribution in [0.1, 0.15) is 12.7 Å². The summed E-state index contributed by atoms with van der Waals surface area (Å²) < 4.78 is 6.94. The summed E-state index contributed by atoms with van der Waals surface area (Å²) in [5, 5.41) is 0.590. The second-order valence-electron chi connectivity index (χ2n) is 6.14. The number of aromatic nitrogens is 3. The van der Waals surface area contributed by atoms with E-state index in [1.54, 1.807) is 17.9 Å². The average Bonchev–Trinajstić information content (AvgIpc) is 2.73. The quantitative estimate of drug-likeness (QED) is 0.553. The van der Waals surface area contributed by atoms with Crippen LogP contribution in [0.15, 0.2) is 71.7 Å². The summed E-state index contributed by atoms with van der Waals surface area (Å²) >= 11 is 0. The monoisotopic (exact) mass is 357 g/mol. The molecular formula is C22H19N3O2. The summed E-state index contributed by atoms with van der Waals surface area (Å²) in [5.41, 5.74) is 3.12. The number of hydrogen-bond acceptors (Lipinski definition) is 4. The molecule has 0 saturated heterocycles. The minimum Gasteiger partial charge on any atom is -0.481 e. The van der Waals surface area contributed by atoms with Crippen LogP contribution in [0.25, 0.3) is 27.7 Å². The lowest BCUT2D eigenvalue weighted by molar-refractivity contribution is 0.398. The lowest BCUT2D eigenvalue weighted by Gasteiger charge is -2.14. The first kappa shape index (κ1) is 17.0. The molecule has 5 heteroatoms. The highest BCUT2D eigenvalue weighted by atomic mass is 16.5. The zero-order valence-corrected chi connectivity index (χ0v) is 15.2. The van der Waals surface area contributed by atoms with E-state index in [-0.39, 0.29) is 5.56 Å². The van der Waals surface area contributed by atoms with Crippen molar-refractivity contribution in [3.63, 3.8) is 0 Å².